The molecule has 2 aliphatic rings. The Bertz CT molecular complexity index is 814. The highest BCUT2D eigenvalue weighted by Crippen LogP contribution is 2.39. The van der Waals surface area contributed by atoms with Crippen molar-refractivity contribution < 1.29 is 28.5 Å². The van der Waals surface area contributed by atoms with Crippen LogP contribution in [0.4, 0.5) is 0 Å². The summed E-state index contributed by atoms with van der Waals surface area (Å²) in [4.78, 5) is 12.2. The van der Waals surface area contributed by atoms with E-state index in [1.54, 1.807) is 36.4 Å². The molecular weight excluding hydrogens is 372 g/mol. The minimum absolute atomic E-state index is 0.0897. The Morgan fingerprint density at radius 1 is 1.19 bits per heavy atom. The number of benzene rings is 2. The second-order valence-electron chi connectivity index (χ2n) is 6.36. The molecule has 2 aliphatic heterocycles. The van der Waals surface area contributed by atoms with Crippen LogP contribution in [0.1, 0.15) is 28.8 Å². The molecule has 6 nitrogen and oxygen atoms in total. The first-order valence-electron chi connectivity index (χ1n) is 8.78. The summed E-state index contributed by atoms with van der Waals surface area (Å²) in [5.74, 6) is 1.35. The standard InChI is InChI=1S/C20H19ClO6/c21-17-8-13(9-18-19(17)27-12-26-18)10-25-20(22)14-3-5-15(6-4-14)24-11-16-2-1-7-23-16/h3-6,8-9,16H,1-2,7,10-12H2/t16-/m0/s1. The van der Waals surface area contributed by atoms with Crippen LogP contribution in [0.25, 0.3) is 0 Å². The molecule has 0 amide bonds. The normalized spacial score (nSPS) is 17.7. The van der Waals surface area contributed by atoms with E-state index in [9.17, 15) is 4.79 Å². The summed E-state index contributed by atoms with van der Waals surface area (Å²) in [6.45, 7) is 1.55. The van der Waals surface area contributed by atoms with E-state index in [0.29, 0.717) is 34.4 Å². The molecule has 0 unspecified atom stereocenters. The Kier molecular flexibility index (Phi) is 5.36. The quantitative estimate of drug-likeness (QED) is 0.695. The van der Waals surface area contributed by atoms with Gasteiger partial charge in [-0.1, -0.05) is 11.6 Å². The Labute approximate surface area is 161 Å². The predicted molar refractivity (Wildman–Crippen MR) is 97.6 cm³/mol. The Morgan fingerprint density at radius 2 is 2.04 bits per heavy atom. The molecule has 0 N–H and O–H groups in total. The molecule has 0 bridgehead atoms. The molecule has 0 radical (unpaired) electrons. The van der Waals surface area contributed by atoms with Crippen molar-refractivity contribution in [1.29, 1.82) is 0 Å². The van der Waals surface area contributed by atoms with Crippen LogP contribution in [0.2, 0.25) is 5.02 Å². The minimum Gasteiger partial charge on any atom is -0.491 e. The van der Waals surface area contributed by atoms with E-state index in [1.165, 1.54) is 0 Å². The second kappa shape index (κ2) is 8.06. The van der Waals surface area contributed by atoms with Gasteiger partial charge in [-0.15, -0.1) is 0 Å². The zero-order valence-electron chi connectivity index (χ0n) is 14.6. The number of halogens is 1. The lowest BCUT2D eigenvalue weighted by Crippen LogP contribution is -2.16. The van der Waals surface area contributed by atoms with Gasteiger partial charge >= 0.3 is 5.97 Å². The summed E-state index contributed by atoms with van der Waals surface area (Å²) < 4.78 is 27.1. The molecule has 27 heavy (non-hydrogen) atoms. The van der Waals surface area contributed by atoms with Crippen LogP contribution >= 0.6 is 11.6 Å². The summed E-state index contributed by atoms with van der Waals surface area (Å²) >= 11 is 6.13. The SMILES string of the molecule is O=C(OCc1cc(Cl)c2c(c1)OCO2)c1ccc(OC[C@@H]2CCCO2)cc1. The highest BCUT2D eigenvalue weighted by molar-refractivity contribution is 6.32. The fourth-order valence-corrected chi connectivity index (χ4v) is 3.28. The molecule has 1 fully saturated rings. The van der Waals surface area contributed by atoms with E-state index in [0.717, 1.165) is 25.0 Å². The van der Waals surface area contributed by atoms with Gasteiger partial charge in [-0.3, -0.25) is 0 Å². The maximum Gasteiger partial charge on any atom is 0.338 e. The first kappa shape index (κ1) is 17.9. The number of hydrogen-bond acceptors (Lipinski definition) is 6. The van der Waals surface area contributed by atoms with Gasteiger partial charge in [0.1, 0.15) is 19.0 Å². The number of fused-ring (bicyclic) bond motifs is 1. The van der Waals surface area contributed by atoms with Crippen molar-refractivity contribution in [3.8, 4) is 17.2 Å². The number of ether oxygens (including phenoxy) is 5. The van der Waals surface area contributed by atoms with Crippen molar-refractivity contribution in [2.24, 2.45) is 0 Å². The lowest BCUT2D eigenvalue weighted by molar-refractivity contribution is 0.0472. The zero-order chi connectivity index (χ0) is 18.6. The molecular formula is C20H19ClO6. The van der Waals surface area contributed by atoms with Crippen LogP contribution in [0.15, 0.2) is 36.4 Å². The van der Waals surface area contributed by atoms with E-state index in [4.69, 9.17) is 35.3 Å². The molecule has 1 saturated heterocycles. The van der Waals surface area contributed by atoms with Gasteiger partial charge in [0.25, 0.3) is 0 Å². The zero-order valence-corrected chi connectivity index (χ0v) is 15.4. The fourth-order valence-electron chi connectivity index (χ4n) is 2.99. The van der Waals surface area contributed by atoms with Crippen molar-refractivity contribution in [3.63, 3.8) is 0 Å². The van der Waals surface area contributed by atoms with Crippen molar-refractivity contribution in [3.05, 3.63) is 52.5 Å². The molecule has 0 aromatic heterocycles. The molecule has 0 spiro atoms. The number of carbonyl (C=O) groups is 1. The average Bonchev–Trinajstić information content (AvgIpc) is 3.37. The van der Waals surface area contributed by atoms with E-state index in [1.807, 2.05) is 0 Å². The third-order valence-electron chi connectivity index (χ3n) is 4.41. The minimum atomic E-state index is -0.422. The van der Waals surface area contributed by atoms with Gasteiger partial charge < -0.3 is 23.7 Å². The maximum absolute atomic E-state index is 12.2. The van der Waals surface area contributed by atoms with Gasteiger partial charge in [0.05, 0.1) is 16.7 Å². The first-order chi connectivity index (χ1) is 13.2. The smallest absolute Gasteiger partial charge is 0.338 e. The van der Waals surface area contributed by atoms with Gasteiger partial charge in [-0.2, -0.15) is 0 Å². The lowest BCUT2D eigenvalue weighted by atomic mass is 10.2. The Morgan fingerprint density at radius 3 is 2.81 bits per heavy atom. The van der Waals surface area contributed by atoms with Crippen molar-refractivity contribution >= 4 is 17.6 Å². The van der Waals surface area contributed by atoms with E-state index >= 15 is 0 Å². The van der Waals surface area contributed by atoms with Crippen LogP contribution in [0, 0.1) is 0 Å². The van der Waals surface area contributed by atoms with Gasteiger partial charge in [-0.25, -0.2) is 4.79 Å². The fraction of sp³-hybridized carbons (Fsp3) is 0.350. The molecule has 0 saturated carbocycles. The summed E-state index contributed by atoms with van der Waals surface area (Å²) in [6.07, 6.45) is 2.25. The summed E-state index contributed by atoms with van der Waals surface area (Å²) in [6, 6.07) is 10.3. The summed E-state index contributed by atoms with van der Waals surface area (Å²) in [5, 5.41) is 0.434. The number of hydrogen-bond donors (Lipinski definition) is 0. The van der Waals surface area contributed by atoms with Crippen LogP contribution in [0.5, 0.6) is 17.2 Å². The molecule has 4 rings (SSSR count). The molecule has 0 aliphatic carbocycles. The molecule has 1 atom stereocenters. The third kappa shape index (κ3) is 4.28. The van der Waals surface area contributed by atoms with Crippen LogP contribution in [-0.2, 0) is 16.1 Å². The van der Waals surface area contributed by atoms with Crippen LogP contribution in [0.3, 0.4) is 0 Å². The second-order valence-corrected chi connectivity index (χ2v) is 6.77. The number of rotatable bonds is 6. The van der Waals surface area contributed by atoms with Gasteiger partial charge in [-0.05, 0) is 54.8 Å². The maximum atomic E-state index is 12.2. The lowest BCUT2D eigenvalue weighted by Gasteiger charge is -2.11. The highest BCUT2D eigenvalue weighted by Gasteiger charge is 2.19. The molecule has 2 aromatic carbocycles. The van der Waals surface area contributed by atoms with Crippen molar-refractivity contribution in [2.75, 3.05) is 20.0 Å². The third-order valence-corrected chi connectivity index (χ3v) is 4.69. The van der Waals surface area contributed by atoms with E-state index in [2.05, 4.69) is 0 Å². The molecule has 142 valence electrons. The predicted octanol–water partition coefficient (Wildman–Crippen LogP) is 3.98. The van der Waals surface area contributed by atoms with Gasteiger partial charge in [0.2, 0.25) is 6.79 Å². The largest absolute Gasteiger partial charge is 0.491 e. The summed E-state index contributed by atoms with van der Waals surface area (Å²) in [7, 11) is 0. The number of carbonyl (C=O) groups excluding carboxylic acids is 1. The molecule has 2 heterocycles. The van der Waals surface area contributed by atoms with Crippen molar-refractivity contribution in [1.82, 2.24) is 0 Å². The Balaban J connectivity index is 1.31. The monoisotopic (exact) mass is 390 g/mol. The topological polar surface area (TPSA) is 63.2 Å². The van der Waals surface area contributed by atoms with Crippen molar-refractivity contribution in [2.45, 2.75) is 25.6 Å². The van der Waals surface area contributed by atoms with Crippen LogP contribution < -0.4 is 14.2 Å². The summed E-state index contributed by atoms with van der Waals surface area (Å²) in [5.41, 5.74) is 1.18. The average molecular weight is 391 g/mol. The number of esters is 1. The molecule has 7 heteroatoms. The van der Waals surface area contributed by atoms with Gasteiger partial charge in [0.15, 0.2) is 11.5 Å². The van der Waals surface area contributed by atoms with Crippen LogP contribution in [-0.4, -0.2) is 32.1 Å². The van der Waals surface area contributed by atoms with Gasteiger partial charge in [0, 0.05) is 6.61 Å². The van der Waals surface area contributed by atoms with E-state index in [-0.39, 0.29) is 19.5 Å². The first-order valence-corrected chi connectivity index (χ1v) is 9.16. The molecule has 2 aromatic rings. The highest BCUT2D eigenvalue weighted by atomic mass is 35.5. The Hall–Kier alpha value is -2.44. The van der Waals surface area contributed by atoms with E-state index < -0.39 is 5.97 Å².